The first-order valence-electron chi connectivity index (χ1n) is 14.0. The number of rotatable bonds is 9. The molecule has 3 fully saturated rings. The second-order valence-electron chi connectivity index (χ2n) is 11.5. The maximum Gasteiger partial charge on any atom is 0.281 e. The van der Waals surface area contributed by atoms with Crippen molar-refractivity contribution in [2.75, 3.05) is 27.2 Å². The molecule has 2 aromatic heterocycles. The Morgan fingerprint density at radius 1 is 1.00 bits per heavy atom. The lowest BCUT2D eigenvalue weighted by Crippen LogP contribution is -2.51. The van der Waals surface area contributed by atoms with Gasteiger partial charge in [0.15, 0.2) is 5.78 Å². The van der Waals surface area contributed by atoms with Crippen LogP contribution in [0.1, 0.15) is 27.0 Å². The van der Waals surface area contributed by atoms with Gasteiger partial charge in [-0.15, -0.1) is 0 Å². The molecule has 1 aromatic carbocycles. The third-order valence-corrected chi connectivity index (χ3v) is 10.4. The lowest BCUT2D eigenvalue weighted by atomic mass is 9.85. The molecular formula is C31H31N7O4S. The van der Waals surface area contributed by atoms with Crippen LogP contribution in [0.5, 0.6) is 0 Å². The Labute approximate surface area is 250 Å². The lowest BCUT2D eigenvalue weighted by Gasteiger charge is -2.29. The molecule has 220 valence electrons. The van der Waals surface area contributed by atoms with E-state index in [9.17, 15) is 18.0 Å². The first kappa shape index (κ1) is 28.7. The molecule has 6 rings (SSSR count). The molecule has 2 aliphatic heterocycles. The first-order chi connectivity index (χ1) is 20.6. The van der Waals surface area contributed by atoms with E-state index in [0.29, 0.717) is 42.9 Å². The van der Waals surface area contributed by atoms with Gasteiger partial charge >= 0.3 is 0 Å². The Morgan fingerprint density at radius 2 is 1.53 bits per heavy atom. The molecule has 1 N–H and O–H groups in total. The number of piperidine rings is 1. The molecule has 11 nitrogen and oxygen atoms in total. The van der Waals surface area contributed by atoms with Gasteiger partial charge in [0.05, 0.1) is 11.6 Å². The Hall–Kier alpha value is -4.44. The normalized spacial score (nSPS) is 23.7. The van der Waals surface area contributed by atoms with Crippen LogP contribution in [-0.4, -0.2) is 82.4 Å². The molecule has 1 aliphatic carbocycles. The summed E-state index contributed by atoms with van der Waals surface area (Å²) in [6.07, 6.45) is 8.87. The van der Waals surface area contributed by atoms with Crippen molar-refractivity contribution in [3.63, 3.8) is 0 Å². The van der Waals surface area contributed by atoms with E-state index in [-0.39, 0.29) is 29.6 Å². The number of nitrogens with one attached hydrogen (secondary N) is 1. The number of nitrogens with zero attached hydrogens (tertiary/aromatic N) is 6. The summed E-state index contributed by atoms with van der Waals surface area (Å²) in [4.78, 5) is 38.1. The Balaban J connectivity index is 1.38. The third kappa shape index (κ3) is 5.31. The number of benzene rings is 1. The maximum absolute atomic E-state index is 14.7. The summed E-state index contributed by atoms with van der Waals surface area (Å²) in [5, 5.41) is 12.6. The number of nitriles is 1. The number of allylic oxidation sites excluding steroid dienone is 1. The molecule has 3 aromatic rings. The van der Waals surface area contributed by atoms with Crippen LogP contribution in [0.15, 0.2) is 85.2 Å². The van der Waals surface area contributed by atoms with Crippen LogP contribution in [0.3, 0.4) is 0 Å². The molecule has 3 atom stereocenters. The molecule has 0 spiro atoms. The predicted molar refractivity (Wildman–Crippen MR) is 157 cm³/mol. The van der Waals surface area contributed by atoms with Crippen molar-refractivity contribution in [3.8, 4) is 6.07 Å². The van der Waals surface area contributed by atoms with E-state index in [4.69, 9.17) is 5.26 Å². The highest BCUT2D eigenvalue weighted by molar-refractivity contribution is 7.86. The van der Waals surface area contributed by atoms with Gasteiger partial charge in [-0.25, -0.2) is 0 Å². The zero-order chi connectivity index (χ0) is 30.4. The minimum absolute atomic E-state index is 0.0495. The topological polar surface area (TPSA) is 140 Å². The molecule has 3 aliphatic rings. The first-order valence-corrected chi connectivity index (χ1v) is 15.4. The largest absolute Gasteiger partial charge is 0.357 e. The van der Waals surface area contributed by atoms with Crippen molar-refractivity contribution in [2.45, 2.75) is 24.4 Å². The maximum atomic E-state index is 14.7. The van der Waals surface area contributed by atoms with E-state index >= 15 is 0 Å². The molecule has 1 saturated carbocycles. The Bertz CT molecular complexity index is 1670. The van der Waals surface area contributed by atoms with Crippen LogP contribution in [0.25, 0.3) is 0 Å². The van der Waals surface area contributed by atoms with Crippen molar-refractivity contribution in [3.05, 3.63) is 107 Å². The Morgan fingerprint density at radius 3 is 2.02 bits per heavy atom. The van der Waals surface area contributed by atoms with E-state index in [2.05, 4.69) is 21.4 Å². The van der Waals surface area contributed by atoms with Gasteiger partial charge in [-0.2, -0.15) is 22.3 Å². The van der Waals surface area contributed by atoms with Crippen LogP contribution in [0.2, 0.25) is 0 Å². The number of carbonyl (C=O) groups is 2. The van der Waals surface area contributed by atoms with Crippen molar-refractivity contribution < 1.29 is 18.0 Å². The van der Waals surface area contributed by atoms with Crippen molar-refractivity contribution >= 4 is 21.9 Å². The van der Waals surface area contributed by atoms with Crippen molar-refractivity contribution in [1.82, 2.24) is 28.8 Å². The van der Waals surface area contributed by atoms with Crippen LogP contribution < -0.4 is 5.32 Å². The zero-order valence-electron chi connectivity index (χ0n) is 23.8. The third-order valence-electron chi connectivity index (χ3n) is 8.53. The van der Waals surface area contributed by atoms with Crippen molar-refractivity contribution in [2.24, 2.45) is 11.8 Å². The van der Waals surface area contributed by atoms with E-state index in [1.807, 2.05) is 24.3 Å². The van der Waals surface area contributed by atoms with Crippen LogP contribution >= 0.6 is 0 Å². The van der Waals surface area contributed by atoms with Gasteiger partial charge in [0.1, 0.15) is 11.4 Å². The minimum atomic E-state index is -3.57. The number of hydrogen-bond acceptors (Lipinski definition) is 8. The van der Waals surface area contributed by atoms with Gasteiger partial charge < -0.3 is 5.32 Å². The van der Waals surface area contributed by atoms with Gasteiger partial charge in [-0.3, -0.25) is 24.5 Å². The second-order valence-corrected chi connectivity index (χ2v) is 13.6. The SMILES string of the molecule is CN(C)S(=O)(=O)N1C[C@@H]2C(N3C(=O)C(Cc4ccncc4)(Cc4ccncc4)N/C3=C\C(=O)c3ccc(C#N)cc3)[C@@H]2C1. The van der Waals surface area contributed by atoms with E-state index in [1.165, 1.54) is 28.8 Å². The number of aromatic nitrogens is 2. The summed E-state index contributed by atoms with van der Waals surface area (Å²) in [6.45, 7) is 0.608. The van der Waals surface area contributed by atoms with Crippen LogP contribution in [0.4, 0.5) is 0 Å². The van der Waals surface area contributed by atoms with Crippen LogP contribution in [0, 0.1) is 23.2 Å². The standard InChI is InChI=1S/C31H31N7O4S/c1-36(2)43(41,42)37-19-25-26(20-37)29(25)38-28(15-27(39)24-5-3-23(18-32)4-6-24)35-31(30(38)40,16-21-7-11-33-12-8-21)17-22-9-13-34-14-10-22/h3-15,25-26,29,35H,16-17,19-20H2,1-2H3/b28-15+/t25-,26+,29?. The van der Waals surface area contributed by atoms with E-state index < -0.39 is 15.7 Å². The quantitative estimate of drug-likeness (QED) is 0.291. The monoisotopic (exact) mass is 597 g/mol. The summed E-state index contributed by atoms with van der Waals surface area (Å²) in [7, 11) is -0.560. The second kappa shape index (κ2) is 11.0. The highest BCUT2D eigenvalue weighted by Crippen LogP contribution is 2.52. The molecule has 0 bridgehead atoms. The van der Waals surface area contributed by atoms with Gasteiger partial charge in [0.25, 0.3) is 16.1 Å². The molecule has 12 heteroatoms. The number of ketones is 1. The predicted octanol–water partition coefficient (Wildman–Crippen LogP) is 1.76. The van der Waals surface area contributed by atoms with Gasteiger partial charge in [-0.1, -0.05) is 0 Å². The number of pyridine rings is 2. The average Bonchev–Trinajstić information content (AvgIpc) is 3.34. The molecule has 4 heterocycles. The summed E-state index contributed by atoms with van der Waals surface area (Å²) in [5.41, 5.74) is 1.54. The number of hydrogen-bond donors (Lipinski definition) is 1. The lowest BCUT2D eigenvalue weighted by molar-refractivity contribution is -0.132. The summed E-state index contributed by atoms with van der Waals surface area (Å²) in [6, 6.07) is 15.6. The van der Waals surface area contributed by atoms with Crippen LogP contribution in [-0.2, 0) is 27.8 Å². The fourth-order valence-electron chi connectivity index (χ4n) is 6.28. The molecule has 1 amide bonds. The Kier molecular flexibility index (Phi) is 7.33. The van der Waals surface area contributed by atoms with Crippen molar-refractivity contribution in [1.29, 1.82) is 5.26 Å². The fourth-order valence-corrected chi connectivity index (χ4v) is 7.46. The highest BCUT2D eigenvalue weighted by atomic mass is 32.2. The van der Waals surface area contributed by atoms with Gasteiger partial charge in [-0.05, 0) is 59.7 Å². The van der Waals surface area contributed by atoms with E-state index in [1.54, 1.807) is 54.0 Å². The molecule has 43 heavy (non-hydrogen) atoms. The van der Waals surface area contributed by atoms with Gasteiger partial charge in [0, 0.05) is 94.3 Å². The molecule has 2 saturated heterocycles. The van der Waals surface area contributed by atoms with E-state index in [0.717, 1.165) is 11.1 Å². The molecule has 0 radical (unpaired) electrons. The molecule has 1 unspecified atom stereocenters. The summed E-state index contributed by atoms with van der Waals surface area (Å²) >= 11 is 0. The number of carbonyl (C=O) groups excluding carboxylic acids is 2. The minimum Gasteiger partial charge on any atom is -0.357 e. The average molecular weight is 598 g/mol. The highest BCUT2D eigenvalue weighted by Gasteiger charge is 2.65. The fraction of sp³-hybridized carbons (Fsp3) is 0.323. The smallest absolute Gasteiger partial charge is 0.281 e. The van der Waals surface area contributed by atoms with Gasteiger partial charge in [0.2, 0.25) is 0 Å². The number of amides is 1. The molecular weight excluding hydrogens is 566 g/mol. The summed E-state index contributed by atoms with van der Waals surface area (Å²) in [5.74, 6) is -0.181. The zero-order valence-corrected chi connectivity index (χ0v) is 24.6. The number of fused-ring (bicyclic) bond motifs is 1. The summed E-state index contributed by atoms with van der Waals surface area (Å²) < 4.78 is 28.2.